The number of aliphatic hydroxyl groups excluding tert-OH is 1. The van der Waals surface area contributed by atoms with Crippen molar-refractivity contribution in [1.29, 1.82) is 0 Å². The third kappa shape index (κ3) is 4.80. The first-order chi connectivity index (χ1) is 8.13. The first-order valence-corrected chi connectivity index (χ1v) is 5.35. The van der Waals surface area contributed by atoms with Crippen molar-refractivity contribution in [1.82, 2.24) is 5.06 Å². The van der Waals surface area contributed by atoms with Crippen LogP contribution >= 0.6 is 0 Å². The van der Waals surface area contributed by atoms with E-state index >= 15 is 0 Å². The van der Waals surface area contributed by atoms with Crippen LogP contribution in [0, 0.1) is 0 Å². The molecule has 0 bridgehead atoms. The molecule has 17 heavy (non-hydrogen) atoms. The van der Waals surface area contributed by atoms with E-state index in [9.17, 15) is 9.90 Å². The molecule has 0 saturated heterocycles. The van der Waals surface area contributed by atoms with Gasteiger partial charge in [-0.3, -0.25) is 9.63 Å². The van der Waals surface area contributed by atoms with Crippen LogP contribution in [0.4, 0.5) is 0 Å². The average molecular weight is 235 g/mol. The van der Waals surface area contributed by atoms with Crippen molar-refractivity contribution in [3.8, 4) is 0 Å². The summed E-state index contributed by atoms with van der Waals surface area (Å²) >= 11 is 0. The molecule has 4 heteroatoms. The van der Waals surface area contributed by atoms with Crippen LogP contribution in [-0.4, -0.2) is 36.3 Å². The highest BCUT2D eigenvalue weighted by atomic mass is 16.7. The molecule has 1 unspecified atom stereocenters. The summed E-state index contributed by atoms with van der Waals surface area (Å²) in [7, 11) is 2.92. The summed E-state index contributed by atoms with van der Waals surface area (Å²) in [6, 6.07) is 9.59. The number of carbonyl (C=O) groups excluding carboxylic acids is 1. The molecule has 0 saturated carbocycles. The molecule has 1 atom stereocenters. The minimum Gasteiger partial charge on any atom is -0.388 e. The minimum atomic E-state index is -0.805. The van der Waals surface area contributed by atoms with E-state index in [1.807, 2.05) is 30.3 Å². The Bertz CT molecular complexity index is 376. The van der Waals surface area contributed by atoms with E-state index < -0.39 is 6.10 Å². The van der Waals surface area contributed by atoms with E-state index in [0.717, 1.165) is 10.6 Å². The Hall–Kier alpha value is -1.65. The molecule has 92 valence electrons. The van der Waals surface area contributed by atoms with Crippen molar-refractivity contribution < 1.29 is 14.7 Å². The van der Waals surface area contributed by atoms with Gasteiger partial charge in [0.05, 0.1) is 19.6 Å². The first-order valence-electron chi connectivity index (χ1n) is 5.35. The van der Waals surface area contributed by atoms with Crippen molar-refractivity contribution >= 4 is 12.0 Å². The number of rotatable bonds is 5. The second-order valence-corrected chi connectivity index (χ2v) is 3.62. The summed E-state index contributed by atoms with van der Waals surface area (Å²) in [5.74, 6) is -0.266. The number of nitrogens with zero attached hydrogens (tertiary/aromatic N) is 1. The van der Waals surface area contributed by atoms with E-state index in [1.54, 1.807) is 12.2 Å². The smallest absolute Gasteiger partial charge is 0.248 e. The van der Waals surface area contributed by atoms with Gasteiger partial charge in [-0.05, 0) is 5.56 Å². The quantitative estimate of drug-likeness (QED) is 0.786. The molecule has 0 fully saturated rings. The molecular weight excluding hydrogens is 218 g/mol. The Balaban J connectivity index is 2.47. The number of hydrogen-bond acceptors (Lipinski definition) is 3. The predicted octanol–water partition coefficient (Wildman–Crippen LogP) is 1.47. The SMILES string of the molecule is CON(C)C(=O)CC(O)/C=C/c1ccccc1. The zero-order valence-corrected chi connectivity index (χ0v) is 10.0. The first kappa shape index (κ1) is 13.4. The van der Waals surface area contributed by atoms with E-state index in [2.05, 4.69) is 0 Å². The zero-order chi connectivity index (χ0) is 12.7. The highest BCUT2D eigenvalue weighted by Gasteiger charge is 2.11. The summed E-state index contributed by atoms with van der Waals surface area (Å²) in [4.78, 5) is 16.1. The van der Waals surface area contributed by atoms with Gasteiger partial charge in [0, 0.05) is 7.05 Å². The van der Waals surface area contributed by atoms with E-state index in [1.165, 1.54) is 14.2 Å². The lowest BCUT2D eigenvalue weighted by Crippen LogP contribution is -2.28. The third-order valence-electron chi connectivity index (χ3n) is 2.32. The second kappa shape index (κ2) is 6.83. The molecule has 0 aliphatic heterocycles. The van der Waals surface area contributed by atoms with Gasteiger partial charge in [0.2, 0.25) is 5.91 Å². The van der Waals surface area contributed by atoms with Crippen molar-refractivity contribution in [2.24, 2.45) is 0 Å². The summed E-state index contributed by atoms with van der Waals surface area (Å²) < 4.78 is 0. The molecule has 0 heterocycles. The molecule has 1 aromatic carbocycles. The average Bonchev–Trinajstić information content (AvgIpc) is 2.36. The molecule has 1 amide bonds. The fourth-order valence-corrected chi connectivity index (χ4v) is 1.26. The van der Waals surface area contributed by atoms with Crippen molar-refractivity contribution in [3.63, 3.8) is 0 Å². The van der Waals surface area contributed by atoms with E-state index in [-0.39, 0.29) is 12.3 Å². The van der Waals surface area contributed by atoms with Gasteiger partial charge in [0.1, 0.15) is 0 Å². The number of aliphatic hydroxyl groups is 1. The fourth-order valence-electron chi connectivity index (χ4n) is 1.26. The predicted molar refractivity (Wildman–Crippen MR) is 65.9 cm³/mol. The molecule has 0 aromatic heterocycles. The number of hydrogen-bond donors (Lipinski definition) is 1. The van der Waals surface area contributed by atoms with Gasteiger partial charge >= 0.3 is 0 Å². The van der Waals surface area contributed by atoms with Gasteiger partial charge in [0.25, 0.3) is 0 Å². The van der Waals surface area contributed by atoms with E-state index in [4.69, 9.17) is 4.84 Å². The molecular formula is C13H17NO3. The fraction of sp³-hybridized carbons (Fsp3) is 0.308. The minimum absolute atomic E-state index is 0.00761. The largest absolute Gasteiger partial charge is 0.388 e. The van der Waals surface area contributed by atoms with Gasteiger partial charge in [-0.1, -0.05) is 42.5 Å². The number of hydroxylamine groups is 2. The van der Waals surface area contributed by atoms with Gasteiger partial charge in [-0.2, -0.15) is 0 Å². The van der Waals surface area contributed by atoms with Crippen molar-refractivity contribution in [2.75, 3.05) is 14.2 Å². The lowest BCUT2D eigenvalue weighted by atomic mass is 10.1. The van der Waals surface area contributed by atoms with Gasteiger partial charge in [-0.15, -0.1) is 0 Å². The summed E-state index contributed by atoms with van der Waals surface area (Å²) in [5, 5.41) is 10.7. The third-order valence-corrected chi connectivity index (χ3v) is 2.32. The molecule has 0 aliphatic carbocycles. The Morgan fingerprint density at radius 2 is 2.12 bits per heavy atom. The highest BCUT2D eigenvalue weighted by molar-refractivity contribution is 5.75. The lowest BCUT2D eigenvalue weighted by Gasteiger charge is -2.14. The maximum absolute atomic E-state index is 11.4. The number of carbonyl (C=O) groups is 1. The summed E-state index contributed by atoms with van der Waals surface area (Å²) in [6.45, 7) is 0. The van der Waals surface area contributed by atoms with Crippen molar-refractivity contribution in [3.05, 3.63) is 42.0 Å². The zero-order valence-electron chi connectivity index (χ0n) is 10.0. The Morgan fingerprint density at radius 3 is 2.71 bits per heavy atom. The molecule has 1 N–H and O–H groups in total. The van der Waals surface area contributed by atoms with Crippen LogP contribution < -0.4 is 0 Å². The van der Waals surface area contributed by atoms with Crippen LogP contribution in [0.1, 0.15) is 12.0 Å². The Kier molecular flexibility index (Phi) is 5.39. The van der Waals surface area contributed by atoms with Crippen LogP contribution in [0.2, 0.25) is 0 Å². The molecule has 1 rings (SSSR count). The monoisotopic (exact) mass is 235 g/mol. The number of amides is 1. The van der Waals surface area contributed by atoms with Crippen LogP contribution in [0.15, 0.2) is 36.4 Å². The van der Waals surface area contributed by atoms with Gasteiger partial charge in [0.15, 0.2) is 0 Å². The van der Waals surface area contributed by atoms with Gasteiger partial charge in [-0.25, -0.2) is 5.06 Å². The summed E-state index contributed by atoms with van der Waals surface area (Å²) in [6.07, 6.45) is 2.58. The summed E-state index contributed by atoms with van der Waals surface area (Å²) in [5.41, 5.74) is 0.985. The molecule has 0 aliphatic rings. The number of benzene rings is 1. The molecule has 0 spiro atoms. The standard InChI is InChI=1S/C13H17NO3/c1-14(17-2)13(16)10-12(15)9-8-11-6-4-3-5-7-11/h3-9,12,15H,10H2,1-2H3/b9-8+. The Morgan fingerprint density at radius 1 is 1.47 bits per heavy atom. The van der Waals surface area contributed by atoms with Crippen molar-refractivity contribution in [2.45, 2.75) is 12.5 Å². The molecule has 0 radical (unpaired) electrons. The van der Waals surface area contributed by atoms with Crippen LogP contribution in [0.5, 0.6) is 0 Å². The second-order valence-electron chi connectivity index (χ2n) is 3.62. The van der Waals surface area contributed by atoms with Crippen LogP contribution in [-0.2, 0) is 9.63 Å². The maximum atomic E-state index is 11.4. The van der Waals surface area contributed by atoms with Crippen LogP contribution in [0.25, 0.3) is 6.08 Å². The lowest BCUT2D eigenvalue weighted by molar-refractivity contribution is -0.170. The highest BCUT2D eigenvalue weighted by Crippen LogP contribution is 2.04. The molecule has 4 nitrogen and oxygen atoms in total. The van der Waals surface area contributed by atoms with Gasteiger partial charge < -0.3 is 5.11 Å². The normalized spacial score (nSPS) is 12.6. The maximum Gasteiger partial charge on any atom is 0.248 e. The molecule has 1 aromatic rings. The topological polar surface area (TPSA) is 49.8 Å². The Labute approximate surface area is 101 Å². The van der Waals surface area contributed by atoms with E-state index in [0.29, 0.717) is 0 Å². The van der Waals surface area contributed by atoms with Crippen LogP contribution in [0.3, 0.4) is 0 Å².